The summed E-state index contributed by atoms with van der Waals surface area (Å²) in [5.41, 5.74) is 0. The molecule has 0 heterocycles. The average molecular weight is 257 g/mol. The van der Waals surface area contributed by atoms with Crippen molar-refractivity contribution < 1.29 is 9.53 Å². The van der Waals surface area contributed by atoms with Gasteiger partial charge >= 0.3 is 0 Å². The SMILES string of the molecule is CC(C)(C)[Si](C)(C)OCCCCCC(O)C#N. The highest BCUT2D eigenvalue weighted by atomic mass is 28.4. The predicted molar refractivity (Wildman–Crippen MR) is 73.2 cm³/mol. The van der Waals surface area contributed by atoms with Crippen LogP contribution in [-0.2, 0) is 4.43 Å². The Labute approximate surface area is 107 Å². The second kappa shape index (κ2) is 7.15. The molecule has 0 bridgehead atoms. The lowest BCUT2D eigenvalue weighted by Gasteiger charge is -2.36. The van der Waals surface area contributed by atoms with Crippen molar-refractivity contribution in [3.8, 4) is 6.07 Å². The van der Waals surface area contributed by atoms with E-state index < -0.39 is 14.4 Å². The van der Waals surface area contributed by atoms with Gasteiger partial charge in [0.1, 0.15) is 6.10 Å². The number of hydrogen-bond donors (Lipinski definition) is 1. The number of unbranched alkanes of at least 4 members (excludes halogenated alkanes) is 2. The van der Waals surface area contributed by atoms with Gasteiger partial charge in [0.05, 0.1) is 6.07 Å². The number of aliphatic hydroxyl groups is 1. The molecule has 0 fully saturated rings. The Morgan fingerprint density at radius 2 is 1.82 bits per heavy atom. The lowest BCUT2D eigenvalue weighted by molar-refractivity contribution is 0.212. The summed E-state index contributed by atoms with van der Waals surface area (Å²) in [5, 5.41) is 17.7. The van der Waals surface area contributed by atoms with Crippen LogP contribution in [0.3, 0.4) is 0 Å². The first-order valence-corrected chi connectivity index (χ1v) is 9.33. The molecule has 0 spiro atoms. The van der Waals surface area contributed by atoms with Gasteiger partial charge in [-0.1, -0.05) is 27.2 Å². The van der Waals surface area contributed by atoms with Crippen LogP contribution in [0, 0.1) is 11.3 Å². The van der Waals surface area contributed by atoms with Crippen molar-refractivity contribution in [1.29, 1.82) is 5.26 Å². The predicted octanol–water partition coefficient (Wildman–Crippen LogP) is 3.45. The maximum Gasteiger partial charge on any atom is 0.191 e. The summed E-state index contributed by atoms with van der Waals surface area (Å²) in [6, 6.07) is 1.83. The number of aliphatic hydroxyl groups excluding tert-OH is 1. The molecule has 0 radical (unpaired) electrons. The Hall–Kier alpha value is -0.373. The van der Waals surface area contributed by atoms with E-state index in [0.29, 0.717) is 6.42 Å². The molecular formula is C13H27NO2Si. The lowest BCUT2D eigenvalue weighted by atomic mass is 10.1. The molecule has 0 aliphatic rings. The van der Waals surface area contributed by atoms with E-state index in [2.05, 4.69) is 33.9 Å². The van der Waals surface area contributed by atoms with E-state index in [4.69, 9.17) is 14.8 Å². The molecule has 0 aromatic heterocycles. The Bertz CT molecular complexity index is 253. The summed E-state index contributed by atoms with van der Waals surface area (Å²) in [5.74, 6) is 0. The highest BCUT2D eigenvalue weighted by Gasteiger charge is 2.36. The standard InChI is InChI=1S/C13H27NO2Si/c1-13(2,3)17(4,5)16-10-8-6-7-9-12(15)11-14/h12,15H,6-10H2,1-5H3. The molecule has 17 heavy (non-hydrogen) atoms. The molecule has 0 aliphatic carbocycles. The summed E-state index contributed by atoms with van der Waals surface area (Å²) in [4.78, 5) is 0. The fourth-order valence-electron chi connectivity index (χ4n) is 1.22. The Kier molecular flexibility index (Phi) is 6.99. The zero-order chi connectivity index (χ0) is 13.5. The smallest absolute Gasteiger partial charge is 0.191 e. The van der Waals surface area contributed by atoms with Gasteiger partial charge in [-0.3, -0.25) is 0 Å². The van der Waals surface area contributed by atoms with Crippen LogP contribution in [-0.4, -0.2) is 26.1 Å². The largest absolute Gasteiger partial charge is 0.417 e. The Balaban J connectivity index is 3.63. The summed E-state index contributed by atoms with van der Waals surface area (Å²) in [6.45, 7) is 12.0. The van der Waals surface area contributed by atoms with Gasteiger partial charge in [-0.2, -0.15) is 5.26 Å². The molecule has 1 N–H and O–H groups in total. The molecular weight excluding hydrogens is 230 g/mol. The van der Waals surface area contributed by atoms with Crippen molar-refractivity contribution in [2.45, 2.75) is 70.7 Å². The third-order valence-electron chi connectivity index (χ3n) is 3.54. The van der Waals surface area contributed by atoms with Crippen molar-refractivity contribution >= 4 is 8.32 Å². The molecule has 4 heteroatoms. The third kappa shape index (κ3) is 6.82. The molecule has 100 valence electrons. The van der Waals surface area contributed by atoms with Gasteiger partial charge in [0.2, 0.25) is 0 Å². The molecule has 3 nitrogen and oxygen atoms in total. The van der Waals surface area contributed by atoms with Crippen LogP contribution in [0.15, 0.2) is 0 Å². The van der Waals surface area contributed by atoms with E-state index in [-0.39, 0.29) is 5.04 Å². The van der Waals surface area contributed by atoms with Crippen LogP contribution >= 0.6 is 0 Å². The van der Waals surface area contributed by atoms with E-state index in [1.165, 1.54) is 0 Å². The van der Waals surface area contributed by atoms with Gasteiger partial charge in [0.15, 0.2) is 8.32 Å². The van der Waals surface area contributed by atoms with Gasteiger partial charge in [0, 0.05) is 6.61 Å². The highest BCUT2D eigenvalue weighted by molar-refractivity contribution is 6.74. The third-order valence-corrected chi connectivity index (χ3v) is 8.08. The normalized spacial score (nSPS) is 14.4. The fraction of sp³-hybridized carbons (Fsp3) is 0.923. The maximum absolute atomic E-state index is 9.06. The van der Waals surface area contributed by atoms with E-state index in [9.17, 15) is 0 Å². The minimum absolute atomic E-state index is 0.268. The Morgan fingerprint density at radius 1 is 1.24 bits per heavy atom. The van der Waals surface area contributed by atoms with Gasteiger partial charge < -0.3 is 9.53 Å². The first-order chi connectivity index (χ1) is 7.70. The van der Waals surface area contributed by atoms with Gasteiger partial charge in [-0.15, -0.1) is 0 Å². The van der Waals surface area contributed by atoms with Gasteiger partial charge in [-0.05, 0) is 37.4 Å². The van der Waals surface area contributed by atoms with E-state index in [0.717, 1.165) is 25.9 Å². The first kappa shape index (κ1) is 16.6. The lowest BCUT2D eigenvalue weighted by Crippen LogP contribution is -2.40. The summed E-state index contributed by atoms with van der Waals surface area (Å²) >= 11 is 0. The number of nitrogens with zero attached hydrogens (tertiary/aromatic N) is 1. The van der Waals surface area contributed by atoms with Crippen LogP contribution in [0.5, 0.6) is 0 Å². The molecule has 0 aromatic rings. The topological polar surface area (TPSA) is 53.2 Å². The Morgan fingerprint density at radius 3 is 2.29 bits per heavy atom. The molecule has 0 amide bonds. The van der Waals surface area contributed by atoms with Gasteiger partial charge in [0.25, 0.3) is 0 Å². The monoisotopic (exact) mass is 257 g/mol. The van der Waals surface area contributed by atoms with Crippen molar-refractivity contribution in [3.05, 3.63) is 0 Å². The number of nitriles is 1. The molecule has 0 aliphatic heterocycles. The van der Waals surface area contributed by atoms with Crippen LogP contribution in [0.4, 0.5) is 0 Å². The van der Waals surface area contributed by atoms with Crippen LogP contribution in [0.2, 0.25) is 18.1 Å². The maximum atomic E-state index is 9.06. The summed E-state index contributed by atoms with van der Waals surface area (Å²) < 4.78 is 6.04. The fourth-order valence-corrected chi connectivity index (χ4v) is 2.31. The van der Waals surface area contributed by atoms with Crippen molar-refractivity contribution in [1.82, 2.24) is 0 Å². The van der Waals surface area contributed by atoms with Gasteiger partial charge in [-0.25, -0.2) is 0 Å². The second-order valence-electron chi connectivity index (χ2n) is 6.10. The zero-order valence-electron chi connectivity index (χ0n) is 11.9. The molecule has 1 unspecified atom stereocenters. The molecule has 0 saturated heterocycles. The van der Waals surface area contributed by atoms with Crippen LogP contribution in [0.25, 0.3) is 0 Å². The zero-order valence-corrected chi connectivity index (χ0v) is 12.9. The average Bonchev–Trinajstić information content (AvgIpc) is 2.21. The van der Waals surface area contributed by atoms with E-state index >= 15 is 0 Å². The second-order valence-corrected chi connectivity index (χ2v) is 10.9. The van der Waals surface area contributed by atoms with Crippen LogP contribution < -0.4 is 0 Å². The number of hydrogen-bond acceptors (Lipinski definition) is 3. The summed E-state index contributed by atoms with van der Waals surface area (Å²) in [7, 11) is -1.60. The highest BCUT2D eigenvalue weighted by Crippen LogP contribution is 2.36. The first-order valence-electron chi connectivity index (χ1n) is 6.42. The molecule has 0 saturated carbocycles. The number of rotatable bonds is 7. The molecule has 1 atom stereocenters. The quantitative estimate of drug-likeness (QED) is 0.432. The van der Waals surface area contributed by atoms with E-state index in [1.54, 1.807) is 0 Å². The summed E-state index contributed by atoms with van der Waals surface area (Å²) in [6.07, 6.45) is 2.72. The van der Waals surface area contributed by atoms with E-state index in [1.807, 2.05) is 6.07 Å². The minimum Gasteiger partial charge on any atom is -0.417 e. The van der Waals surface area contributed by atoms with Crippen molar-refractivity contribution in [2.24, 2.45) is 0 Å². The minimum atomic E-state index is -1.60. The van der Waals surface area contributed by atoms with Crippen molar-refractivity contribution in [2.75, 3.05) is 6.61 Å². The molecule has 0 aromatic carbocycles. The van der Waals surface area contributed by atoms with Crippen molar-refractivity contribution in [3.63, 3.8) is 0 Å². The van der Waals surface area contributed by atoms with Crippen LogP contribution in [0.1, 0.15) is 46.5 Å². The molecule has 0 rings (SSSR count).